The van der Waals surface area contributed by atoms with Crippen LogP contribution >= 0.6 is 0 Å². The molecule has 2 rings (SSSR count). The van der Waals surface area contributed by atoms with Gasteiger partial charge in [-0.3, -0.25) is 4.79 Å². The number of ether oxygens (including phenoxy) is 1. The maximum atomic E-state index is 12.8. The van der Waals surface area contributed by atoms with Crippen LogP contribution < -0.4 is 0 Å². The lowest BCUT2D eigenvalue weighted by molar-refractivity contribution is 0.0772. The molecule has 1 aliphatic heterocycles. The standard InChI is InChI=1S/C14H16FNO3/c1-19-14(18)16-8-2-3-11(9-16)13(17)10-4-6-12(15)7-5-10/h4-7,11H,2-3,8-9H2,1H3. The molecule has 1 heterocycles. The van der Waals surface area contributed by atoms with Crippen LogP contribution in [0.3, 0.4) is 0 Å². The molecule has 1 atom stereocenters. The van der Waals surface area contributed by atoms with Crippen LogP contribution in [0.4, 0.5) is 9.18 Å². The average Bonchev–Trinajstić information content (AvgIpc) is 2.46. The van der Waals surface area contributed by atoms with E-state index in [1.807, 2.05) is 0 Å². The topological polar surface area (TPSA) is 46.6 Å². The van der Waals surface area contributed by atoms with Gasteiger partial charge in [-0.25, -0.2) is 9.18 Å². The van der Waals surface area contributed by atoms with E-state index in [0.29, 0.717) is 18.7 Å². The second-order valence-corrected chi connectivity index (χ2v) is 4.63. The number of methoxy groups -OCH3 is 1. The number of likely N-dealkylation sites (tertiary alicyclic amines) is 1. The molecule has 1 fully saturated rings. The van der Waals surface area contributed by atoms with Crippen LogP contribution in [-0.2, 0) is 4.74 Å². The molecule has 5 heteroatoms. The molecule has 0 bridgehead atoms. The maximum absolute atomic E-state index is 12.8. The second kappa shape index (κ2) is 5.82. The highest BCUT2D eigenvalue weighted by atomic mass is 19.1. The van der Waals surface area contributed by atoms with Crippen LogP contribution in [0.1, 0.15) is 23.2 Å². The van der Waals surface area contributed by atoms with Gasteiger partial charge in [0.25, 0.3) is 0 Å². The monoisotopic (exact) mass is 265 g/mol. The molecule has 4 nitrogen and oxygen atoms in total. The quantitative estimate of drug-likeness (QED) is 0.772. The van der Waals surface area contributed by atoms with Gasteiger partial charge < -0.3 is 9.64 Å². The molecule has 1 unspecified atom stereocenters. The molecule has 102 valence electrons. The van der Waals surface area contributed by atoms with E-state index >= 15 is 0 Å². The Morgan fingerprint density at radius 1 is 1.32 bits per heavy atom. The van der Waals surface area contributed by atoms with Crippen molar-refractivity contribution in [2.24, 2.45) is 5.92 Å². The highest BCUT2D eigenvalue weighted by Crippen LogP contribution is 2.21. The van der Waals surface area contributed by atoms with Gasteiger partial charge in [-0.2, -0.15) is 0 Å². The van der Waals surface area contributed by atoms with Gasteiger partial charge in [0.2, 0.25) is 0 Å². The van der Waals surface area contributed by atoms with Crippen LogP contribution in [-0.4, -0.2) is 37.0 Å². The lowest BCUT2D eigenvalue weighted by Crippen LogP contribution is -2.42. The number of benzene rings is 1. The van der Waals surface area contributed by atoms with Crippen LogP contribution in [0.15, 0.2) is 24.3 Å². The van der Waals surface area contributed by atoms with E-state index in [4.69, 9.17) is 0 Å². The van der Waals surface area contributed by atoms with Crippen molar-refractivity contribution in [3.63, 3.8) is 0 Å². The minimum Gasteiger partial charge on any atom is -0.453 e. The average molecular weight is 265 g/mol. The number of rotatable bonds is 2. The first-order valence-electron chi connectivity index (χ1n) is 6.24. The van der Waals surface area contributed by atoms with Gasteiger partial charge in [0.05, 0.1) is 7.11 Å². The normalized spacial score (nSPS) is 19.1. The number of carbonyl (C=O) groups is 2. The maximum Gasteiger partial charge on any atom is 0.409 e. The van der Waals surface area contributed by atoms with Gasteiger partial charge in [-0.05, 0) is 37.1 Å². The van der Waals surface area contributed by atoms with Crippen molar-refractivity contribution in [3.05, 3.63) is 35.6 Å². The van der Waals surface area contributed by atoms with Crippen LogP contribution in [0.25, 0.3) is 0 Å². The number of piperidine rings is 1. The Morgan fingerprint density at radius 3 is 2.63 bits per heavy atom. The number of hydrogen-bond acceptors (Lipinski definition) is 3. The molecule has 0 aromatic heterocycles. The molecule has 1 aromatic rings. The molecular weight excluding hydrogens is 249 g/mol. The molecule has 0 spiro atoms. The Bertz CT molecular complexity index is 472. The summed E-state index contributed by atoms with van der Waals surface area (Å²) in [4.78, 5) is 25.3. The largest absolute Gasteiger partial charge is 0.453 e. The summed E-state index contributed by atoms with van der Waals surface area (Å²) in [7, 11) is 1.33. The number of hydrogen-bond donors (Lipinski definition) is 0. The van der Waals surface area contributed by atoms with E-state index in [-0.39, 0.29) is 17.5 Å². The molecule has 0 radical (unpaired) electrons. The summed E-state index contributed by atoms with van der Waals surface area (Å²) in [6, 6.07) is 5.51. The zero-order valence-electron chi connectivity index (χ0n) is 10.8. The van der Waals surface area contributed by atoms with Crippen LogP contribution in [0, 0.1) is 11.7 Å². The first-order valence-corrected chi connectivity index (χ1v) is 6.24. The first-order chi connectivity index (χ1) is 9.11. The van der Waals surface area contributed by atoms with Gasteiger partial charge in [-0.15, -0.1) is 0 Å². The van der Waals surface area contributed by atoms with E-state index < -0.39 is 6.09 Å². The summed E-state index contributed by atoms with van der Waals surface area (Å²) >= 11 is 0. The summed E-state index contributed by atoms with van der Waals surface area (Å²) in [6.07, 6.45) is 1.10. The van der Waals surface area contributed by atoms with Gasteiger partial charge in [0.15, 0.2) is 5.78 Å². The summed E-state index contributed by atoms with van der Waals surface area (Å²) in [5.41, 5.74) is 0.484. The van der Waals surface area contributed by atoms with Crippen molar-refractivity contribution in [1.29, 1.82) is 0 Å². The Labute approximate surface area is 111 Å². The first kappa shape index (κ1) is 13.5. The van der Waals surface area contributed by atoms with Gasteiger partial charge in [0, 0.05) is 24.6 Å². The number of halogens is 1. The van der Waals surface area contributed by atoms with Gasteiger partial charge in [0.1, 0.15) is 5.82 Å². The van der Waals surface area contributed by atoms with E-state index in [9.17, 15) is 14.0 Å². The molecular formula is C14H16FNO3. The van der Waals surface area contributed by atoms with Crippen molar-refractivity contribution in [2.75, 3.05) is 20.2 Å². The minimum atomic E-state index is -0.406. The SMILES string of the molecule is COC(=O)N1CCCC(C(=O)c2ccc(F)cc2)C1. The third kappa shape index (κ3) is 3.10. The number of nitrogens with zero attached hydrogens (tertiary/aromatic N) is 1. The minimum absolute atomic E-state index is 0.0476. The fraction of sp³-hybridized carbons (Fsp3) is 0.429. The van der Waals surface area contributed by atoms with Crippen molar-refractivity contribution < 1.29 is 18.7 Å². The van der Waals surface area contributed by atoms with Gasteiger partial charge in [-0.1, -0.05) is 0 Å². The van der Waals surface area contributed by atoms with Gasteiger partial charge >= 0.3 is 6.09 Å². The summed E-state index contributed by atoms with van der Waals surface area (Å²) in [5, 5.41) is 0. The summed E-state index contributed by atoms with van der Waals surface area (Å²) < 4.78 is 17.5. The van der Waals surface area contributed by atoms with E-state index in [1.54, 1.807) is 0 Å². The molecule has 0 saturated carbocycles. The Balaban J connectivity index is 2.06. The highest BCUT2D eigenvalue weighted by molar-refractivity contribution is 5.98. The summed E-state index contributed by atoms with van der Waals surface area (Å²) in [5.74, 6) is -0.650. The zero-order chi connectivity index (χ0) is 13.8. The molecule has 1 aliphatic rings. The van der Waals surface area contributed by atoms with Crippen molar-refractivity contribution in [3.8, 4) is 0 Å². The summed E-state index contributed by atoms with van der Waals surface area (Å²) in [6.45, 7) is 0.975. The smallest absolute Gasteiger partial charge is 0.409 e. The molecule has 19 heavy (non-hydrogen) atoms. The van der Waals surface area contributed by atoms with E-state index in [1.165, 1.54) is 36.3 Å². The lowest BCUT2D eigenvalue weighted by atomic mass is 9.90. The Kier molecular flexibility index (Phi) is 4.14. The van der Waals surface area contributed by atoms with Crippen molar-refractivity contribution in [1.82, 2.24) is 4.90 Å². The number of amides is 1. The number of carbonyl (C=O) groups excluding carboxylic acids is 2. The number of ketones is 1. The molecule has 0 aliphatic carbocycles. The predicted octanol–water partition coefficient (Wildman–Crippen LogP) is 2.49. The predicted molar refractivity (Wildman–Crippen MR) is 67.4 cm³/mol. The van der Waals surface area contributed by atoms with Crippen molar-refractivity contribution in [2.45, 2.75) is 12.8 Å². The Hall–Kier alpha value is -1.91. The second-order valence-electron chi connectivity index (χ2n) is 4.63. The molecule has 1 saturated heterocycles. The van der Waals surface area contributed by atoms with Crippen LogP contribution in [0.5, 0.6) is 0 Å². The van der Waals surface area contributed by atoms with Crippen LogP contribution in [0.2, 0.25) is 0 Å². The fourth-order valence-electron chi connectivity index (χ4n) is 2.34. The lowest BCUT2D eigenvalue weighted by Gasteiger charge is -2.30. The third-order valence-electron chi connectivity index (χ3n) is 3.35. The number of Topliss-reactive ketones (excluding diaryl/α,β-unsaturated/α-hetero) is 1. The Morgan fingerprint density at radius 2 is 2.00 bits per heavy atom. The van der Waals surface area contributed by atoms with E-state index in [2.05, 4.69) is 4.74 Å². The zero-order valence-corrected chi connectivity index (χ0v) is 10.8. The highest BCUT2D eigenvalue weighted by Gasteiger charge is 2.29. The fourth-order valence-corrected chi connectivity index (χ4v) is 2.34. The van der Waals surface area contributed by atoms with E-state index in [0.717, 1.165) is 12.8 Å². The molecule has 1 aromatic carbocycles. The molecule has 1 amide bonds. The third-order valence-corrected chi connectivity index (χ3v) is 3.35. The molecule has 0 N–H and O–H groups in total. The van der Waals surface area contributed by atoms with Crippen molar-refractivity contribution >= 4 is 11.9 Å².